The van der Waals surface area contributed by atoms with Gasteiger partial charge in [-0.15, -0.1) is 0 Å². The zero-order valence-electron chi connectivity index (χ0n) is 14.5. The fourth-order valence-corrected chi connectivity index (χ4v) is 3.00. The Morgan fingerprint density at radius 2 is 1.86 bits per heavy atom. The Labute approximate surface area is 164 Å². The molecule has 5 nitrogen and oxygen atoms in total. The molecule has 3 rings (SSSR count). The molecule has 9 heteroatoms. The van der Waals surface area contributed by atoms with Crippen molar-refractivity contribution in [2.75, 3.05) is 18.4 Å². The lowest BCUT2D eigenvalue weighted by molar-refractivity contribution is -0.157. The highest BCUT2D eigenvalue weighted by atomic mass is 35.5. The number of hydrogen-bond acceptors (Lipinski definition) is 3. The van der Waals surface area contributed by atoms with E-state index >= 15 is 0 Å². The molecule has 0 aromatic heterocycles. The monoisotopic (exact) mass is 412 g/mol. The molecule has 1 aliphatic rings. The first-order valence-corrected chi connectivity index (χ1v) is 8.77. The number of hydrogen-bond donors (Lipinski definition) is 1. The molecular weight excluding hydrogens is 397 g/mol. The highest BCUT2D eigenvalue weighted by molar-refractivity contribution is 6.32. The Balaban J connectivity index is 1.58. The third-order valence-electron chi connectivity index (χ3n) is 4.14. The van der Waals surface area contributed by atoms with Gasteiger partial charge in [-0.3, -0.25) is 9.59 Å². The molecule has 1 atom stereocenters. The molecule has 1 N–H and O–H groups in total. The van der Waals surface area contributed by atoms with Crippen molar-refractivity contribution in [2.24, 2.45) is 5.92 Å². The maximum atomic E-state index is 12.5. The van der Waals surface area contributed by atoms with Crippen molar-refractivity contribution in [3.63, 3.8) is 0 Å². The van der Waals surface area contributed by atoms with E-state index in [0.717, 1.165) is 0 Å². The lowest BCUT2D eigenvalue weighted by Crippen LogP contribution is -2.36. The van der Waals surface area contributed by atoms with E-state index in [-0.39, 0.29) is 13.0 Å². The second kappa shape index (κ2) is 8.10. The minimum absolute atomic E-state index is 0.240. The number of nitrogens with zero attached hydrogens (tertiary/aromatic N) is 1. The predicted molar refractivity (Wildman–Crippen MR) is 97.3 cm³/mol. The average molecular weight is 413 g/mol. The number of rotatable bonds is 5. The molecule has 0 aliphatic carbocycles. The zero-order chi connectivity index (χ0) is 20.3. The van der Waals surface area contributed by atoms with Crippen molar-refractivity contribution in [2.45, 2.75) is 12.6 Å². The Kier molecular flexibility index (Phi) is 5.79. The summed E-state index contributed by atoms with van der Waals surface area (Å²) in [6.45, 7) is -1.60. The molecule has 1 heterocycles. The third kappa shape index (κ3) is 5.16. The summed E-state index contributed by atoms with van der Waals surface area (Å²) in [6.07, 6.45) is -4.73. The quantitative estimate of drug-likeness (QED) is 0.787. The van der Waals surface area contributed by atoms with Crippen LogP contribution in [0, 0.1) is 5.92 Å². The Hall–Kier alpha value is -2.74. The Morgan fingerprint density at radius 3 is 2.50 bits per heavy atom. The fourth-order valence-electron chi connectivity index (χ4n) is 2.82. The first kappa shape index (κ1) is 20.0. The summed E-state index contributed by atoms with van der Waals surface area (Å²) in [5.41, 5.74) is 0.443. The van der Waals surface area contributed by atoms with Crippen molar-refractivity contribution in [3.05, 3.63) is 53.6 Å². The van der Waals surface area contributed by atoms with Crippen LogP contribution in [0.2, 0.25) is 5.02 Å². The Bertz CT molecular complexity index is 871. The van der Waals surface area contributed by atoms with E-state index in [2.05, 4.69) is 5.32 Å². The van der Waals surface area contributed by atoms with E-state index in [9.17, 15) is 22.8 Å². The second-order valence-electron chi connectivity index (χ2n) is 6.34. The van der Waals surface area contributed by atoms with Crippen LogP contribution in [0.3, 0.4) is 0 Å². The highest BCUT2D eigenvalue weighted by Gasteiger charge is 2.40. The Morgan fingerprint density at radius 1 is 1.18 bits per heavy atom. The third-order valence-corrected chi connectivity index (χ3v) is 4.45. The van der Waals surface area contributed by atoms with E-state index in [1.807, 2.05) is 0 Å². The predicted octanol–water partition coefficient (Wildman–Crippen LogP) is 4.48. The molecule has 1 fully saturated rings. The van der Waals surface area contributed by atoms with Gasteiger partial charge in [0.1, 0.15) is 18.0 Å². The van der Waals surface area contributed by atoms with Gasteiger partial charge in [0, 0.05) is 18.7 Å². The van der Waals surface area contributed by atoms with Gasteiger partial charge in [-0.25, -0.2) is 0 Å². The van der Waals surface area contributed by atoms with Crippen LogP contribution in [0.15, 0.2) is 48.5 Å². The lowest BCUT2D eigenvalue weighted by Gasteiger charge is -2.18. The maximum absolute atomic E-state index is 12.5. The SMILES string of the molecule is O=C(Nc1ccc(Oc2ccccc2Cl)cc1)C1CC(=O)N(CC(F)(F)F)C1. The minimum Gasteiger partial charge on any atom is -0.456 e. The number of nitrogens with one attached hydrogen (secondary N) is 1. The number of ether oxygens (including phenoxy) is 1. The lowest BCUT2D eigenvalue weighted by atomic mass is 10.1. The zero-order valence-corrected chi connectivity index (χ0v) is 15.3. The van der Waals surface area contributed by atoms with Gasteiger partial charge in [-0.05, 0) is 36.4 Å². The molecule has 0 bridgehead atoms. The van der Waals surface area contributed by atoms with Crippen LogP contribution >= 0.6 is 11.6 Å². The first-order valence-electron chi connectivity index (χ1n) is 8.39. The summed E-state index contributed by atoms with van der Waals surface area (Å²) in [5.74, 6) is -1.03. The van der Waals surface area contributed by atoms with E-state index < -0.39 is 30.5 Å². The van der Waals surface area contributed by atoms with Crippen molar-refractivity contribution in [3.8, 4) is 11.5 Å². The summed E-state index contributed by atoms with van der Waals surface area (Å²) in [5, 5.41) is 3.06. The maximum Gasteiger partial charge on any atom is 0.406 e. The first-order chi connectivity index (χ1) is 13.2. The van der Waals surface area contributed by atoms with Crippen molar-refractivity contribution in [1.29, 1.82) is 0 Å². The summed E-state index contributed by atoms with van der Waals surface area (Å²) in [7, 11) is 0. The summed E-state index contributed by atoms with van der Waals surface area (Å²) in [6, 6.07) is 13.4. The fraction of sp³-hybridized carbons (Fsp3) is 0.263. The molecular formula is C19H16ClF3N2O3. The second-order valence-corrected chi connectivity index (χ2v) is 6.74. The van der Waals surface area contributed by atoms with Gasteiger partial charge < -0.3 is 15.0 Å². The number of halogens is 4. The number of benzene rings is 2. The van der Waals surface area contributed by atoms with Gasteiger partial charge in [0.15, 0.2) is 0 Å². The van der Waals surface area contributed by atoms with Gasteiger partial charge in [0.2, 0.25) is 11.8 Å². The number of carbonyl (C=O) groups excluding carboxylic acids is 2. The molecule has 0 saturated carbocycles. The van der Waals surface area contributed by atoms with Crippen molar-refractivity contribution < 1.29 is 27.5 Å². The average Bonchev–Trinajstić information content (AvgIpc) is 2.98. The molecule has 1 unspecified atom stereocenters. The van der Waals surface area contributed by atoms with Crippen LogP contribution < -0.4 is 10.1 Å². The number of anilines is 1. The standard InChI is InChI=1S/C19H16ClF3N2O3/c20-15-3-1-2-4-16(15)28-14-7-5-13(6-8-14)24-18(27)12-9-17(26)25(10-12)11-19(21,22)23/h1-8,12H,9-11H2,(H,24,27). The molecule has 2 aromatic rings. The normalized spacial score (nSPS) is 16.9. The van der Waals surface area contributed by atoms with E-state index in [1.165, 1.54) is 0 Å². The molecule has 2 aromatic carbocycles. The molecule has 0 spiro atoms. The number of likely N-dealkylation sites (tertiary alicyclic amines) is 1. The topological polar surface area (TPSA) is 58.6 Å². The van der Waals surface area contributed by atoms with Gasteiger partial charge in [-0.2, -0.15) is 13.2 Å². The number of amides is 2. The highest BCUT2D eigenvalue weighted by Crippen LogP contribution is 2.30. The van der Waals surface area contributed by atoms with E-state index in [4.69, 9.17) is 16.3 Å². The molecule has 28 heavy (non-hydrogen) atoms. The molecule has 1 aliphatic heterocycles. The van der Waals surface area contributed by atoms with Gasteiger partial charge in [-0.1, -0.05) is 23.7 Å². The van der Waals surface area contributed by atoms with Crippen molar-refractivity contribution >= 4 is 29.1 Å². The molecule has 0 radical (unpaired) electrons. The molecule has 1 saturated heterocycles. The van der Waals surface area contributed by atoms with Gasteiger partial charge in [0.05, 0.1) is 10.9 Å². The molecule has 148 valence electrons. The van der Waals surface area contributed by atoms with Crippen LogP contribution in [0.25, 0.3) is 0 Å². The smallest absolute Gasteiger partial charge is 0.406 e. The summed E-state index contributed by atoms with van der Waals surface area (Å²) >= 11 is 6.03. The van der Waals surface area contributed by atoms with Gasteiger partial charge >= 0.3 is 6.18 Å². The van der Waals surface area contributed by atoms with E-state index in [0.29, 0.717) is 27.1 Å². The number of para-hydroxylation sites is 1. The van der Waals surface area contributed by atoms with Crippen LogP contribution in [-0.2, 0) is 9.59 Å². The summed E-state index contributed by atoms with van der Waals surface area (Å²) in [4.78, 5) is 24.6. The van der Waals surface area contributed by atoms with Crippen molar-refractivity contribution in [1.82, 2.24) is 4.90 Å². The van der Waals surface area contributed by atoms with Crippen LogP contribution in [-0.4, -0.2) is 36.0 Å². The van der Waals surface area contributed by atoms with Gasteiger partial charge in [0.25, 0.3) is 0 Å². The molecule has 2 amide bonds. The summed E-state index contributed by atoms with van der Waals surface area (Å²) < 4.78 is 43.0. The van der Waals surface area contributed by atoms with Crippen LogP contribution in [0.1, 0.15) is 6.42 Å². The van der Waals surface area contributed by atoms with Crippen LogP contribution in [0.4, 0.5) is 18.9 Å². The largest absolute Gasteiger partial charge is 0.456 e. The van der Waals surface area contributed by atoms with E-state index in [1.54, 1.807) is 48.5 Å². The number of alkyl halides is 3. The minimum atomic E-state index is -4.49. The number of carbonyl (C=O) groups is 2. The van der Waals surface area contributed by atoms with Crippen LogP contribution in [0.5, 0.6) is 11.5 Å².